The molecule has 1 aliphatic rings. The van der Waals surface area contributed by atoms with E-state index in [4.69, 9.17) is 4.42 Å². The van der Waals surface area contributed by atoms with Crippen LogP contribution in [0.5, 0.6) is 0 Å². The van der Waals surface area contributed by atoms with Crippen molar-refractivity contribution in [2.24, 2.45) is 0 Å². The Kier molecular flexibility index (Phi) is 4.80. The maximum absolute atomic E-state index is 5.39. The summed E-state index contributed by atoms with van der Waals surface area (Å²) >= 11 is 0. The van der Waals surface area contributed by atoms with E-state index >= 15 is 0 Å². The highest BCUT2D eigenvalue weighted by Crippen LogP contribution is 2.12. The predicted molar refractivity (Wildman–Crippen MR) is 73.7 cm³/mol. The number of nitrogens with one attached hydrogen (secondary N) is 1. The van der Waals surface area contributed by atoms with Crippen molar-refractivity contribution >= 4 is 0 Å². The summed E-state index contributed by atoms with van der Waals surface area (Å²) in [5.41, 5.74) is 0. The molecule has 0 amide bonds. The molecule has 4 nitrogen and oxygen atoms in total. The SMILES string of the molecule is CC(NCCN1CCN(C)CC1C)c1ccco1. The first-order valence-corrected chi connectivity index (χ1v) is 6.86. The van der Waals surface area contributed by atoms with Crippen LogP contribution in [-0.2, 0) is 0 Å². The first-order chi connectivity index (χ1) is 8.66. The average molecular weight is 251 g/mol. The molecule has 2 atom stereocenters. The molecule has 0 bridgehead atoms. The van der Waals surface area contributed by atoms with Gasteiger partial charge in [0.25, 0.3) is 0 Å². The molecule has 0 saturated carbocycles. The van der Waals surface area contributed by atoms with Gasteiger partial charge in [-0.1, -0.05) is 0 Å². The molecule has 18 heavy (non-hydrogen) atoms. The van der Waals surface area contributed by atoms with Crippen molar-refractivity contribution in [1.29, 1.82) is 0 Å². The lowest BCUT2D eigenvalue weighted by Gasteiger charge is -2.38. The summed E-state index contributed by atoms with van der Waals surface area (Å²) in [6.07, 6.45) is 1.73. The van der Waals surface area contributed by atoms with Gasteiger partial charge in [0.2, 0.25) is 0 Å². The fourth-order valence-corrected chi connectivity index (χ4v) is 2.57. The zero-order chi connectivity index (χ0) is 13.0. The number of rotatable bonds is 5. The minimum absolute atomic E-state index is 0.294. The van der Waals surface area contributed by atoms with Gasteiger partial charge < -0.3 is 14.6 Å². The molecule has 2 rings (SSSR count). The van der Waals surface area contributed by atoms with E-state index in [2.05, 4.69) is 36.0 Å². The molecule has 1 N–H and O–H groups in total. The van der Waals surface area contributed by atoms with Crippen LogP contribution in [0.25, 0.3) is 0 Å². The van der Waals surface area contributed by atoms with E-state index in [-0.39, 0.29) is 0 Å². The fraction of sp³-hybridized carbons (Fsp3) is 0.714. The lowest BCUT2D eigenvalue weighted by molar-refractivity contribution is 0.100. The third-order valence-electron chi connectivity index (χ3n) is 3.79. The smallest absolute Gasteiger partial charge is 0.120 e. The van der Waals surface area contributed by atoms with E-state index in [1.54, 1.807) is 6.26 Å². The molecule has 0 radical (unpaired) electrons. The molecule has 102 valence electrons. The summed E-state index contributed by atoms with van der Waals surface area (Å²) in [5.74, 6) is 1.02. The zero-order valence-electron chi connectivity index (χ0n) is 11.7. The third kappa shape index (κ3) is 3.57. The second-order valence-electron chi connectivity index (χ2n) is 5.34. The minimum Gasteiger partial charge on any atom is -0.468 e. The Morgan fingerprint density at radius 2 is 2.33 bits per heavy atom. The summed E-state index contributed by atoms with van der Waals surface area (Å²) < 4.78 is 5.39. The summed E-state index contributed by atoms with van der Waals surface area (Å²) in [6, 6.07) is 4.92. The van der Waals surface area contributed by atoms with E-state index in [1.165, 1.54) is 19.6 Å². The fourth-order valence-electron chi connectivity index (χ4n) is 2.57. The van der Waals surface area contributed by atoms with Crippen LogP contribution in [0, 0.1) is 0 Å². The lowest BCUT2D eigenvalue weighted by Crippen LogP contribution is -2.52. The van der Waals surface area contributed by atoms with Crippen molar-refractivity contribution in [3.05, 3.63) is 24.2 Å². The van der Waals surface area contributed by atoms with Crippen LogP contribution in [0.4, 0.5) is 0 Å². The van der Waals surface area contributed by atoms with Crippen LogP contribution in [0.15, 0.2) is 22.8 Å². The van der Waals surface area contributed by atoms with Gasteiger partial charge in [-0.15, -0.1) is 0 Å². The molecule has 0 aliphatic carbocycles. The van der Waals surface area contributed by atoms with Crippen molar-refractivity contribution < 1.29 is 4.42 Å². The molecule has 2 unspecified atom stereocenters. The van der Waals surface area contributed by atoms with Crippen molar-refractivity contribution in [2.45, 2.75) is 25.9 Å². The van der Waals surface area contributed by atoms with Gasteiger partial charge in [-0.2, -0.15) is 0 Å². The predicted octanol–water partition coefficient (Wildman–Crippen LogP) is 1.57. The van der Waals surface area contributed by atoms with Crippen molar-refractivity contribution in [1.82, 2.24) is 15.1 Å². The summed E-state index contributed by atoms with van der Waals surface area (Å²) in [4.78, 5) is 4.96. The maximum Gasteiger partial charge on any atom is 0.120 e. The number of nitrogens with zero attached hydrogens (tertiary/aromatic N) is 2. The first-order valence-electron chi connectivity index (χ1n) is 6.86. The Labute approximate surface area is 110 Å². The number of furan rings is 1. The highest BCUT2D eigenvalue weighted by molar-refractivity contribution is 5.02. The molecule has 1 aliphatic heterocycles. The Morgan fingerprint density at radius 1 is 1.50 bits per heavy atom. The van der Waals surface area contributed by atoms with E-state index in [1.807, 2.05) is 12.1 Å². The lowest BCUT2D eigenvalue weighted by atomic mass is 10.2. The Morgan fingerprint density at radius 3 is 3.00 bits per heavy atom. The molecular formula is C14H25N3O. The zero-order valence-corrected chi connectivity index (χ0v) is 11.7. The van der Waals surface area contributed by atoms with Gasteiger partial charge in [0, 0.05) is 38.8 Å². The van der Waals surface area contributed by atoms with Crippen molar-refractivity contribution in [2.75, 3.05) is 39.8 Å². The highest BCUT2D eigenvalue weighted by Gasteiger charge is 2.20. The second kappa shape index (κ2) is 6.36. The molecule has 1 aromatic rings. The standard InChI is InChI=1S/C14H25N3O/c1-12-11-16(3)8-9-17(12)7-6-15-13(2)14-5-4-10-18-14/h4-5,10,12-13,15H,6-9,11H2,1-3H3. The molecule has 1 saturated heterocycles. The monoisotopic (exact) mass is 251 g/mol. The number of piperazine rings is 1. The van der Waals surface area contributed by atoms with Crippen LogP contribution >= 0.6 is 0 Å². The van der Waals surface area contributed by atoms with Crippen molar-refractivity contribution in [3.63, 3.8) is 0 Å². The maximum atomic E-state index is 5.39. The van der Waals surface area contributed by atoms with Gasteiger partial charge in [0.15, 0.2) is 0 Å². The van der Waals surface area contributed by atoms with Crippen molar-refractivity contribution in [3.8, 4) is 0 Å². The van der Waals surface area contributed by atoms with Crippen LogP contribution in [-0.4, -0.2) is 55.6 Å². The van der Waals surface area contributed by atoms with Gasteiger partial charge in [-0.25, -0.2) is 0 Å². The van der Waals surface area contributed by atoms with E-state index < -0.39 is 0 Å². The number of likely N-dealkylation sites (N-methyl/N-ethyl adjacent to an activating group) is 1. The molecular weight excluding hydrogens is 226 g/mol. The summed E-state index contributed by atoms with van der Waals surface area (Å²) in [7, 11) is 2.20. The Hall–Kier alpha value is -0.840. The minimum atomic E-state index is 0.294. The van der Waals surface area contributed by atoms with Crippen LogP contribution in [0.1, 0.15) is 25.6 Å². The average Bonchev–Trinajstić information content (AvgIpc) is 2.85. The first kappa shape index (κ1) is 13.6. The molecule has 0 spiro atoms. The van der Waals surface area contributed by atoms with E-state index in [9.17, 15) is 0 Å². The normalized spacial score (nSPS) is 24.3. The van der Waals surface area contributed by atoms with Gasteiger partial charge >= 0.3 is 0 Å². The van der Waals surface area contributed by atoms with E-state index in [0.717, 1.165) is 18.8 Å². The topological polar surface area (TPSA) is 31.6 Å². The van der Waals surface area contributed by atoms with Gasteiger partial charge in [-0.3, -0.25) is 4.90 Å². The van der Waals surface area contributed by atoms with Gasteiger partial charge in [0.05, 0.1) is 12.3 Å². The number of hydrogen-bond acceptors (Lipinski definition) is 4. The molecule has 4 heteroatoms. The second-order valence-corrected chi connectivity index (χ2v) is 5.34. The summed E-state index contributed by atoms with van der Waals surface area (Å²) in [6.45, 7) is 10.1. The molecule has 0 aromatic carbocycles. The van der Waals surface area contributed by atoms with E-state index in [0.29, 0.717) is 12.1 Å². The third-order valence-corrected chi connectivity index (χ3v) is 3.79. The number of hydrogen-bond donors (Lipinski definition) is 1. The molecule has 2 heterocycles. The summed E-state index contributed by atoms with van der Waals surface area (Å²) in [5, 5.41) is 3.52. The van der Waals surface area contributed by atoms with Gasteiger partial charge in [-0.05, 0) is 33.0 Å². The molecule has 1 aromatic heterocycles. The molecule has 1 fully saturated rings. The largest absolute Gasteiger partial charge is 0.468 e. The Balaban J connectivity index is 1.69. The van der Waals surface area contributed by atoms with Crippen LogP contribution in [0.2, 0.25) is 0 Å². The van der Waals surface area contributed by atoms with Gasteiger partial charge in [0.1, 0.15) is 5.76 Å². The van der Waals surface area contributed by atoms with Crippen LogP contribution < -0.4 is 5.32 Å². The Bertz CT molecular complexity index is 339. The quantitative estimate of drug-likeness (QED) is 0.861. The highest BCUT2D eigenvalue weighted by atomic mass is 16.3. The van der Waals surface area contributed by atoms with Crippen LogP contribution in [0.3, 0.4) is 0 Å².